The van der Waals surface area contributed by atoms with Gasteiger partial charge in [-0.1, -0.05) is 36.2 Å². The monoisotopic (exact) mass is 312 g/mol. The Hall–Kier alpha value is -1.03. The van der Waals surface area contributed by atoms with Crippen LogP contribution in [-0.2, 0) is 0 Å². The number of benzene rings is 1. The van der Waals surface area contributed by atoms with Crippen LogP contribution >= 0.6 is 15.9 Å². The summed E-state index contributed by atoms with van der Waals surface area (Å²) in [5.74, 6) is -0.0409. The third kappa shape index (κ3) is 3.73. The van der Waals surface area contributed by atoms with Crippen LogP contribution in [0.1, 0.15) is 49.0 Å². The van der Waals surface area contributed by atoms with E-state index in [9.17, 15) is 4.79 Å². The standard InChI is InChI=1S/C14H21BrN2O/c1-4-6-11(5-2)17-14(18)12-7-10(15)8-13(16)9(12)3/h7-8,11H,4-6,16H2,1-3H3,(H,17,18). The van der Waals surface area contributed by atoms with Crippen LogP contribution in [0.5, 0.6) is 0 Å². The van der Waals surface area contributed by atoms with Gasteiger partial charge >= 0.3 is 0 Å². The molecule has 0 aliphatic carbocycles. The largest absolute Gasteiger partial charge is 0.398 e. The average molecular weight is 313 g/mol. The number of hydrogen-bond donors (Lipinski definition) is 2. The first-order valence-corrected chi connectivity index (χ1v) is 7.15. The smallest absolute Gasteiger partial charge is 0.251 e. The van der Waals surface area contributed by atoms with E-state index in [1.807, 2.05) is 19.1 Å². The Labute approximate surface area is 117 Å². The lowest BCUT2D eigenvalue weighted by Crippen LogP contribution is -2.34. The summed E-state index contributed by atoms with van der Waals surface area (Å²) in [6.07, 6.45) is 3.02. The van der Waals surface area contributed by atoms with E-state index in [0.29, 0.717) is 11.3 Å². The minimum atomic E-state index is -0.0409. The van der Waals surface area contributed by atoms with Gasteiger partial charge in [0, 0.05) is 21.8 Å². The molecule has 0 fully saturated rings. The maximum atomic E-state index is 12.2. The lowest BCUT2D eigenvalue weighted by Gasteiger charge is -2.17. The van der Waals surface area contributed by atoms with E-state index in [0.717, 1.165) is 29.3 Å². The SMILES string of the molecule is CCCC(CC)NC(=O)c1cc(Br)cc(N)c1C. The summed E-state index contributed by atoms with van der Waals surface area (Å²) >= 11 is 3.37. The molecule has 3 nitrogen and oxygen atoms in total. The van der Waals surface area contributed by atoms with Crippen LogP contribution in [0.3, 0.4) is 0 Å². The highest BCUT2D eigenvalue weighted by molar-refractivity contribution is 9.10. The van der Waals surface area contributed by atoms with Crippen LogP contribution < -0.4 is 11.1 Å². The second-order valence-electron chi connectivity index (χ2n) is 4.53. The molecule has 3 N–H and O–H groups in total. The van der Waals surface area contributed by atoms with Gasteiger partial charge in [0.2, 0.25) is 0 Å². The third-order valence-electron chi connectivity index (χ3n) is 3.12. The fourth-order valence-corrected chi connectivity index (χ4v) is 2.40. The molecule has 1 unspecified atom stereocenters. The average Bonchev–Trinajstić information content (AvgIpc) is 2.32. The molecular formula is C14H21BrN2O. The number of amides is 1. The molecule has 0 spiro atoms. The molecule has 1 atom stereocenters. The summed E-state index contributed by atoms with van der Waals surface area (Å²) < 4.78 is 0.833. The highest BCUT2D eigenvalue weighted by atomic mass is 79.9. The molecule has 0 aliphatic rings. The highest BCUT2D eigenvalue weighted by Crippen LogP contribution is 2.23. The van der Waals surface area contributed by atoms with Crippen molar-refractivity contribution in [3.63, 3.8) is 0 Å². The summed E-state index contributed by atoms with van der Waals surface area (Å²) in [5, 5.41) is 3.06. The Balaban J connectivity index is 2.90. The van der Waals surface area contributed by atoms with Crippen molar-refractivity contribution in [2.75, 3.05) is 5.73 Å². The second kappa shape index (κ2) is 6.78. The van der Waals surface area contributed by atoms with Crippen molar-refractivity contribution in [1.29, 1.82) is 0 Å². The summed E-state index contributed by atoms with van der Waals surface area (Å²) in [6, 6.07) is 3.87. The first-order valence-electron chi connectivity index (χ1n) is 6.36. The number of nitrogens with one attached hydrogen (secondary N) is 1. The molecule has 1 rings (SSSR count). The molecule has 1 amide bonds. The molecule has 0 bridgehead atoms. The van der Waals surface area contributed by atoms with E-state index < -0.39 is 0 Å². The normalized spacial score (nSPS) is 12.2. The van der Waals surface area contributed by atoms with Gasteiger partial charge in [-0.25, -0.2) is 0 Å². The van der Waals surface area contributed by atoms with Crippen molar-refractivity contribution in [2.24, 2.45) is 0 Å². The van der Waals surface area contributed by atoms with Crippen molar-refractivity contribution in [1.82, 2.24) is 5.32 Å². The zero-order valence-corrected chi connectivity index (χ0v) is 12.8. The second-order valence-corrected chi connectivity index (χ2v) is 5.45. The maximum absolute atomic E-state index is 12.2. The van der Waals surface area contributed by atoms with Crippen LogP contribution in [0, 0.1) is 6.92 Å². The number of rotatable bonds is 5. The molecule has 18 heavy (non-hydrogen) atoms. The molecule has 0 radical (unpaired) electrons. The molecule has 0 heterocycles. The van der Waals surface area contributed by atoms with Crippen LogP contribution in [0.4, 0.5) is 5.69 Å². The van der Waals surface area contributed by atoms with Gasteiger partial charge in [-0.15, -0.1) is 0 Å². The molecule has 0 aliphatic heterocycles. The predicted molar refractivity (Wildman–Crippen MR) is 79.7 cm³/mol. The van der Waals surface area contributed by atoms with Crippen molar-refractivity contribution in [3.05, 3.63) is 27.7 Å². The molecule has 100 valence electrons. The Kier molecular flexibility index (Phi) is 5.66. The number of nitrogens with two attached hydrogens (primary N) is 1. The zero-order chi connectivity index (χ0) is 13.7. The van der Waals surface area contributed by atoms with E-state index in [1.165, 1.54) is 0 Å². The summed E-state index contributed by atoms with van der Waals surface area (Å²) in [6.45, 7) is 6.08. The number of carbonyl (C=O) groups excluding carboxylic acids is 1. The van der Waals surface area contributed by atoms with Gasteiger partial charge in [0.15, 0.2) is 0 Å². The Morgan fingerprint density at radius 2 is 2.11 bits per heavy atom. The molecular weight excluding hydrogens is 292 g/mol. The minimum absolute atomic E-state index is 0.0409. The Morgan fingerprint density at radius 1 is 1.44 bits per heavy atom. The molecule has 1 aromatic rings. The lowest BCUT2D eigenvalue weighted by molar-refractivity contribution is 0.0933. The van der Waals surface area contributed by atoms with E-state index in [-0.39, 0.29) is 11.9 Å². The molecule has 0 aromatic heterocycles. The Morgan fingerprint density at radius 3 is 2.67 bits per heavy atom. The number of halogens is 1. The summed E-state index contributed by atoms with van der Waals surface area (Å²) in [7, 11) is 0. The summed E-state index contributed by atoms with van der Waals surface area (Å²) in [4.78, 5) is 12.2. The van der Waals surface area contributed by atoms with E-state index in [2.05, 4.69) is 35.1 Å². The topological polar surface area (TPSA) is 55.1 Å². The summed E-state index contributed by atoms with van der Waals surface area (Å²) in [5.41, 5.74) is 7.99. The van der Waals surface area contributed by atoms with Crippen LogP contribution in [0.25, 0.3) is 0 Å². The first-order chi connectivity index (χ1) is 8.49. The van der Waals surface area contributed by atoms with E-state index in [1.54, 1.807) is 0 Å². The van der Waals surface area contributed by atoms with Crippen molar-refractivity contribution < 1.29 is 4.79 Å². The van der Waals surface area contributed by atoms with Crippen LogP contribution in [-0.4, -0.2) is 11.9 Å². The van der Waals surface area contributed by atoms with Gasteiger partial charge in [-0.05, 0) is 37.5 Å². The highest BCUT2D eigenvalue weighted by Gasteiger charge is 2.15. The molecule has 0 saturated heterocycles. The van der Waals surface area contributed by atoms with Gasteiger partial charge in [0.1, 0.15) is 0 Å². The van der Waals surface area contributed by atoms with E-state index in [4.69, 9.17) is 5.73 Å². The van der Waals surface area contributed by atoms with Crippen LogP contribution in [0.2, 0.25) is 0 Å². The number of nitrogen functional groups attached to an aromatic ring is 1. The zero-order valence-electron chi connectivity index (χ0n) is 11.2. The van der Waals surface area contributed by atoms with Crippen molar-refractivity contribution >= 4 is 27.5 Å². The first kappa shape index (κ1) is 15.0. The van der Waals surface area contributed by atoms with Crippen molar-refractivity contribution in [3.8, 4) is 0 Å². The lowest BCUT2D eigenvalue weighted by atomic mass is 10.0. The molecule has 4 heteroatoms. The third-order valence-corrected chi connectivity index (χ3v) is 3.58. The van der Waals surface area contributed by atoms with Gasteiger partial charge in [0.25, 0.3) is 5.91 Å². The molecule has 1 aromatic carbocycles. The van der Waals surface area contributed by atoms with Gasteiger partial charge in [-0.2, -0.15) is 0 Å². The number of carbonyl (C=O) groups is 1. The number of hydrogen-bond acceptors (Lipinski definition) is 2. The number of anilines is 1. The Bertz CT molecular complexity index is 432. The van der Waals surface area contributed by atoms with Crippen LogP contribution in [0.15, 0.2) is 16.6 Å². The fraction of sp³-hybridized carbons (Fsp3) is 0.500. The van der Waals surface area contributed by atoms with Gasteiger partial charge in [-0.3, -0.25) is 4.79 Å². The predicted octanol–water partition coefficient (Wildman–Crippen LogP) is 3.65. The quantitative estimate of drug-likeness (QED) is 0.815. The van der Waals surface area contributed by atoms with Crippen molar-refractivity contribution in [2.45, 2.75) is 46.1 Å². The van der Waals surface area contributed by atoms with E-state index >= 15 is 0 Å². The fourth-order valence-electron chi connectivity index (χ4n) is 1.93. The minimum Gasteiger partial charge on any atom is -0.398 e. The van der Waals surface area contributed by atoms with Gasteiger partial charge < -0.3 is 11.1 Å². The molecule has 0 saturated carbocycles. The van der Waals surface area contributed by atoms with Gasteiger partial charge in [0.05, 0.1) is 0 Å². The maximum Gasteiger partial charge on any atom is 0.251 e.